The standard InChI is InChI=1S/C24H29F3N6/c1-12(15-5-6-15)28-22-31-21(18-3-2-4-19(29-18)24(25,26)27)32-23(33-22)30-20-16-8-13-7-14(10-16)11-17(20)9-13/h2-4,12-17,20H,5-11H2,1H3,(H2,28,30,31,32,33). The lowest BCUT2D eigenvalue weighted by Gasteiger charge is -2.54. The van der Waals surface area contributed by atoms with E-state index in [1.54, 1.807) is 0 Å². The summed E-state index contributed by atoms with van der Waals surface area (Å²) in [5.74, 6) is 4.51. The number of hydrogen-bond donors (Lipinski definition) is 2. The molecule has 5 aliphatic carbocycles. The maximum atomic E-state index is 13.2. The quantitative estimate of drug-likeness (QED) is 0.604. The van der Waals surface area contributed by atoms with Crippen LogP contribution in [0.5, 0.6) is 0 Å². The Morgan fingerprint density at radius 3 is 2.18 bits per heavy atom. The molecule has 33 heavy (non-hydrogen) atoms. The molecular formula is C24H29F3N6. The molecule has 6 nitrogen and oxygen atoms in total. The van der Waals surface area contributed by atoms with E-state index in [1.807, 2.05) is 0 Å². The van der Waals surface area contributed by atoms with Gasteiger partial charge in [0.1, 0.15) is 11.4 Å². The number of rotatable bonds is 6. The lowest BCUT2D eigenvalue weighted by Crippen LogP contribution is -2.51. The lowest BCUT2D eigenvalue weighted by molar-refractivity contribution is -0.141. The Morgan fingerprint density at radius 1 is 0.879 bits per heavy atom. The van der Waals surface area contributed by atoms with E-state index in [-0.39, 0.29) is 17.6 Å². The van der Waals surface area contributed by atoms with Crippen LogP contribution in [0.15, 0.2) is 18.2 Å². The summed E-state index contributed by atoms with van der Waals surface area (Å²) in [7, 11) is 0. The van der Waals surface area contributed by atoms with Gasteiger partial charge in [0.2, 0.25) is 11.9 Å². The fourth-order valence-electron chi connectivity index (χ4n) is 6.56. The lowest BCUT2D eigenvalue weighted by atomic mass is 9.54. The number of pyridine rings is 1. The Labute approximate surface area is 191 Å². The maximum Gasteiger partial charge on any atom is 0.433 e. The van der Waals surface area contributed by atoms with Crippen LogP contribution in [-0.4, -0.2) is 32.0 Å². The molecule has 2 aromatic rings. The SMILES string of the molecule is CC(Nc1nc(NC2C3CC4CC(C3)CC2C4)nc(-c2cccc(C(F)(F)F)n2)n1)C1CC1. The second kappa shape index (κ2) is 7.81. The minimum Gasteiger partial charge on any atom is -0.351 e. The normalized spacial score (nSPS) is 31.5. The molecule has 0 amide bonds. The van der Waals surface area contributed by atoms with E-state index in [4.69, 9.17) is 0 Å². The molecule has 0 aliphatic heterocycles. The molecule has 5 fully saturated rings. The van der Waals surface area contributed by atoms with E-state index in [1.165, 1.54) is 57.1 Å². The van der Waals surface area contributed by atoms with Crippen molar-refractivity contribution in [1.29, 1.82) is 0 Å². The van der Waals surface area contributed by atoms with Crippen LogP contribution in [0, 0.1) is 29.6 Å². The summed E-state index contributed by atoms with van der Waals surface area (Å²) in [5.41, 5.74) is -0.848. The minimum atomic E-state index is -4.52. The molecule has 0 spiro atoms. The first-order valence-corrected chi connectivity index (χ1v) is 12.2. The Bertz CT molecular complexity index is 1010. The molecule has 4 bridgehead atoms. The Morgan fingerprint density at radius 2 is 1.55 bits per heavy atom. The first-order chi connectivity index (χ1) is 15.8. The number of halogens is 3. The third-order valence-corrected chi connectivity index (χ3v) is 8.11. The second-order valence-corrected chi connectivity index (χ2v) is 10.6. The fraction of sp³-hybridized carbons (Fsp3) is 0.667. The average molecular weight is 459 g/mol. The van der Waals surface area contributed by atoms with Gasteiger partial charge in [-0.1, -0.05) is 6.07 Å². The summed E-state index contributed by atoms with van der Waals surface area (Å²) >= 11 is 0. The average Bonchev–Trinajstić information content (AvgIpc) is 3.61. The zero-order chi connectivity index (χ0) is 22.7. The molecule has 5 aliphatic rings. The third-order valence-electron chi connectivity index (χ3n) is 8.11. The van der Waals surface area contributed by atoms with Gasteiger partial charge in [0.05, 0.1) is 0 Å². The smallest absolute Gasteiger partial charge is 0.351 e. The van der Waals surface area contributed by atoms with Gasteiger partial charge in [0, 0.05) is 12.1 Å². The number of alkyl halides is 3. The first kappa shape index (κ1) is 21.1. The van der Waals surface area contributed by atoms with Crippen LogP contribution in [0.4, 0.5) is 25.1 Å². The van der Waals surface area contributed by atoms with E-state index >= 15 is 0 Å². The summed E-state index contributed by atoms with van der Waals surface area (Å²) in [5, 5.41) is 6.93. The highest BCUT2D eigenvalue weighted by molar-refractivity contribution is 5.54. The molecule has 1 atom stereocenters. The van der Waals surface area contributed by atoms with Gasteiger partial charge in [-0.3, -0.25) is 0 Å². The minimum absolute atomic E-state index is 0.0995. The fourth-order valence-corrected chi connectivity index (χ4v) is 6.56. The zero-order valence-corrected chi connectivity index (χ0v) is 18.6. The summed E-state index contributed by atoms with van der Waals surface area (Å²) in [6.07, 6.45) is 4.20. The van der Waals surface area contributed by atoms with Crippen molar-refractivity contribution >= 4 is 11.9 Å². The Kier molecular flexibility index (Phi) is 4.99. The van der Waals surface area contributed by atoms with Crippen LogP contribution in [0.3, 0.4) is 0 Å². The molecule has 1 unspecified atom stereocenters. The van der Waals surface area contributed by atoms with Gasteiger partial charge in [-0.05, 0) is 93.6 Å². The number of nitrogens with zero attached hydrogens (tertiary/aromatic N) is 4. The summed E-state index contributed by atoms with van der Waals surface area (Å²) < 4.78 is 39.7. The van der Waals surface area contributed by atoms with Crippen molar-refractivity contribution in [3.8, 4) is 11.5 Å². The molecule has 0 radical (unpaired) electrons. The number of nitrogens with one attached hydrogen (secondary N) is 2. The summed E-state index contributed by atoms with van der Waals surface area (Å²) in [4.78, 5) is 17.4. The highest BCUT2D eigenvalue weighted by Gasteiger charge is 2.48. The van der Waals surface area contributed by atoms with Crippen LogP contribution in [0.2, 0.25) is 0 Å². The molecule has 7 rings (SSSR count). The van der Waals surface area contributed by atoms with Crippen LogP contribution in [0.25, 0.3) is 11.5 Å². The third kappa shape index (κ3) is 4.26. The van der Waals surface area contributed by atoms with Crippen LogP contribution >= 0.6 is 0 Å². The van der Waals surface area contributed by atoms with Gasteiger partial charge >= 0.3 is 6.18 Å². The van der Waals surface area contributed by atoms with Gasteiger partial charge in [0.25, 0.3) is 0 Å². The van der Waals surface area contributed by atoms with Crippen molar-refractivity contribution < 1.29 is 13.2 Å². The predicted molar refractivity (Wildman–Crippen MR) is 118 cm³/mol. The monoisotopic (exact) mass is 458 g/mol. The van der Waals surface area contributed by atoms with Gasteiger partial charge in [-0.25, -0.2) is 4.98 Å². The van der Waals surface area contributed by atoms with E-state index in [2.05, 4.69) is 37.5 Å². The van der Waals surface area contributed by atoms with Gasteiger partial charge in [0.15, 0.2) is 5.82 Å². The summed E-state index contributed by atoms with van der Waals surface area (Å²) in [6, 6.07) is 4.35. The number of aromatic nitrogens is 4. The van der Waals surface area contributed by atoms with Gasteiger partial charge in [-0.2, -0.15) is 28.1 Å². The molecule has 2 aromatic heterocycles. The number of anilines is 2. The largest absolute Gasteiger partial charge is 0.433 e. The Balaban J connectivity index is 1.32. The van der Waals surface area contributed by atoms with Crippen molar-refractivity contribution in [1.82, 2.24) is 19.9 Å². The topological polar surface area (TPSA) is 75.6 Å². The van der Waals surface area contributed by atoms with Crippen molar-refractivity contribution in [3.05, 3.63) is 23.9 Å². The zero-order valence-electron chi connectivity index (χ0n) is 18.6. The van der Waals surface area contributed by atoms with Crippen molar-refractivity contribution in [2.45, 2.75) is 70.1 Å². The summed E-state index contributed by atoms with van der Waals surface area (Å²) in [6.45, 7) is 2.09. The van der Waals surface area contributed by atoms with E-state index in [0.717, 1.165) is 17.9 Å². The number of hydrogen-bond acceptors (Lipinski definition) is 6. The van der Waals surface area contributed by atoms with Crippen LogP contribution in [-0.2, 0) is 6.18 Å². The van der Waals surface area contributed by atoms with E-state index in [9.17, 15) is 13.2 Å². The molecule has 5 saturated carbocycles. The predicted octanol–water partition coefficient (Wildman–Crippen LogP) is 5.40. The molecular weight excluding hydrogens is 429 g/mol. The molecule has 9 heteroatoms. The molecule has 0 saturated heterocycles. The molecule has 0 aromatic carbocycles. The van der Waals surface area contributed by atoms with E-state index < -0.39 is 11.9 Å². The molecule has 2 N–H and O–H groups in total. The van der Waals surface area contributed by atoms with Crippen molar-refractivity contribution in [2.75, 3.05) is 10.6 Å². The van der Waals surface area contributed by atoms with Gasteiger partial charge < -0.3 is 10.6 Å². The first-order valence-electron chi connectivity index (χ1n) is 12.2. The van der Waals surface area contributed by atoms with Crippen LogP contribution < -0.4 is 10.6 Å². The maximum absolute atomic E-state index is 13.2. The molecule has 176 valence electrons. The molecule has 2 heterocycles. The van der Waals surface area contributed by atoms with Crippen molar-refractivity contribution in [3.63, 3.8) is 0 Å². The highest BCUT2D eigenvalue weighted by atomic mass is 19.4. The Hall–Kier alpha value is -2.45. The van der Waals surface area contributed by atoms with Crippen molar-refractivity contribution in [2.24, 2.45) is 29.6 Å². The van der Waals surface area contributed by atoms with E-state index in [0.29, 0.717) is 35.7 Å². The second-order valence-electron chi connectivity index (χ2n) is 10.6. The highest BCUT2D eigenvalue weighted by Crippen LogP contribution is 2.54. The van der Waals surface area contributed by atoms with Crippen LogP contribution in [0.1, 0.15) is 57.6 Å². The van der Waals surface area contributed by atoms with Gasteiger partial charge in [-0.15, -0.1) is 0 Å².